The minimum atomic E-state index is -4.95. The van der Waals surface area contributed by atoms with Gasteiger partial charge in [0.2, 0.25) is 0 Å². The first-order valence-electron chi connectivity index (χ1n) is 35.7. The minimum Gasteiger partial charge on any atom is -0.462 e. The quantitative estimate of drug-likeness (QED) is 0.0222. The molecule has 0 saturated heterocycles. The topological polar surface area (TPSA) is 237 Å². The summed E-state index contributed by atoms with van der Waals surface area (Å²) in [5, 5.41) is 10.6. The van der Waals surface area contributed by atoms with Crippen LogP contribution in [0, 0.1) is 23.7 Å². The highest BCUT2D eigenvalue weighted by molar-refractivity contribution is 7.47. The van der Waals surface area contributed by atoms with Gasteiger partial charge in [0.1, 0.15) is 19.3 Å². The number of aliphatic hydroxyl groups is 1. The Morgan fingerprint density at radius 1 is 0.284 bits per heavy atom. The molecular formula is C69H134O17P2. The first-order valence-corrected chi connectivity index (χ1v) is 38.7. The van der Waals surface area contributed by atoms with Crippen LogP contribution < -0.4 is 0 Å². The molecule has 17 nitrogen and oxygen atoms in total. The standard InChI is InChI=1S/C69H134O17P2/c1-59(2)45-37-29-21-14-9-11-17-26-35-43-51-68(73)85-64(55-79-66(71)49-41-33-25-19-13-16-23-31-39-47-61(5)6)57-83-87(75,76)81-53-63(70)54-82-88(77,78)84-58-65(56-80-67(72)50-42-34-28-20-24-32-40-48-62(7)8)86-69(74)52-44-36-27-18-12-10-15-22-30-38-46-60(3)4/h59-65,70H,9-58H2,1-8H3,(H,75,76)(H,77,78)/t63?,64-,65-/m1/s1. The van der Waals surface area contributed by atoms with Gasteiger partial charge in [0.15, 0.2) is 12.2 Å². The highest BCUT2D eigenvalue weighted by atomic mass is 31.2. The SMILES string of the molecule is CC(C)CCCCCCCCCCCCC(=O)O[C@H](COC(=O)CCCCCCCCCCCC(C)C)COP(=O)(O)OCC(O)COP(=O)(O)OC[C@@H](COC(=O)CCCCCCCCCC(C)C)OC(=O)CCCCCCCCCCCCC(C)C. The Morgan fingerprint density at radius 3 is 0.705 bits per heavy atom. The van der Waals surface area contributed by atoms with Crippen molar-refractivity contribution in [3.8, 4) is 0 Å². The van der Waals surface area contributed by atoms with Gasteiger partial charge in [-0.05, 0) is 49.4 Å². The summed E-state index contributed by atoms with van der Waals surface area (Å²) in [7, 11) is -9.90. The molecule has 0 aromatic heterocycles. The average Bonchev–Trinajstić information content (AvgIpc) is 3.52. The van der Waals surface area contributed by atoms with E-state index in [1.807, 2.05) is 0 Å². The maximum Gasteiger partial charge on any atom is 0.472 e. The van der Waals surface area contributed by atoms with Gasteiger partial charge in [-0.1, -0.05) is 287 Å². The van der Waals surface area contributed by atoms with Crippen LogP contribution in [0.1, 0.15) is 338 Å². The van der Waals surface area contributed by atoms with Crippen molar-refractivity contribution in [2.45, 2.75) is 356 Å². The van der Waals surface area contributed by atoms with Crippen LogP contribution in [-0.2, 0) is 65.4 Å². The van der Waals surface area contributed by atoms with Crippen molar-refractivity contribution < 1.29 is 80.2 Å². The molecule has 19 heteroatoms. The molecule has 0 fully saturated rings. The number of ether oxygens (including phenoxy) is 4. The lowest BCUT2D eigenvalue weighted by Gasteiger charge is -2.21. The highest BCUT2D eigenvalue weighted by Crippen LogP contribution is 2.45. The van der Waals surface area contributed by atoms with Gasteiger partial charge in [-0.3, -0.25) is 37.3 Å². The fraction of sp³-hybridized carbons (Fsp3) is 0.942. The van der Waals surface area contributed by atoms with Gasteiger partial charge < -0.3 is 33.8 Å². The summed E-state index contributed by atoms with van der Waals surface area (Å²) >= 11 is 0. The zero-order valence-electron chi connectivity index (χ0n) is 57.3. The third kappa shape index (κ3) is 62.8. The molecule has 0 rings (SSSR count). The molecule has 522 valence electrons. The zero-order chi connectivity index (χ0) is 65.4. The Labute approximate surface area is 537 Å². The zero-order valence-corrected chi connectivity index (χ0v) is 59.1. The van der Waals surface area contributed by atoms with Gasteiger partial charge in [-0.25, -0.2) is 9.13 Å². The van der Waals surface area contributed by atoms with E-state index in [1.54, 1.807) is 0 Å². The second kappa shape index (κ2) is 58.8. The molecular weight excluding hydrogens is 1160 g/mol. The Kier molecular flexibility index (Phi) is 57.6. The molecule has 3 unspecified atom stereocenters. The molecule has 0 aliphatic rings. The lowest BCUT2D eigenvalue weighted by atomic mass is 10.0. The summed E-state index contributed by atoms with van der Waals surface area (Å²) in [5.41, 5.74) is 0. The van der Waals surface area contributed by atoms with E-state index in [0.29, 0.717) is 31.6 Å². The maximum absolute atomic E-state index is 13.0. The smallest absolute Gasteiger partial charge is 0.462 e. The summed E-state index contributed by atoms with van der Waals surface area (Å²) in [6.07, 6.45) is 40.4. The second-order valence-corrected chi connectivity index (χ2v) is 29.7. The summed E-state index contributed by atoms with van der Waals surface area (Å²) in [5.74, 6) is 0.821. The summed E-state index contributed by atoms with van der Waals surface area (Å²) in [6.45, 7) is 14.0. The van der Waals surface area contributed by atoms with E-state index >= 15 is 0 Å². The monoisotopic (exact) mass is 1300 g/mol. The van der Waals surface area contributed by atoms with E-state index in [9.17, 15) is 43.2 Å². The molecule has 5 atom stereocenters. The molecule has 0 heterocycles. The molecule has 88 heavy (non-hydrogen) atoms. The lowest BCUT2D eigenvalue weighted by molar-refractivity contribution is -0.161. The van der Waals surface area contributed by atoms with Gasteiger partial charge >= 0.3 is 39.5 Å². The van der Waals surface area contributed by atoms with Crippen molar-refractivity contribution in [2.75, 3.05) is 39.6 Å². The van der Waals surface area contributed by atoms with Gasteiger partial charge in [0, 0.05) is 25.7 Å². The van der Waals surface area contributed by atoms with Crippen LogP contribution in [-0.4, -0.2) is 96.7 Å². The summed E-state index contributed by atoms with van der Waals surface area (Å²) < 4.78 is 68.2. The van der Waals surface area contributed by atoms with E-state index in [0.717, 1.165) is 114 Å². The predicted octanol–water partition coefficient (Wildman–Crippen LogP) is 19.3. The number of rotatable bonds is 66. The summed E-state index contributed by atoms with van der Waals surface area (Å²) in [4.78, 5) is 72.5. The Balaban J connectivity index is 5.26. The number of unbranched alkanes of at least 4 members (excludes halogenated alkanes) is 32. The van der Waals surface area contributed by atoms with Crippen LogP contribution >= 0.6 is 15.6 Å². The Hall–Kier alpha value is -1.94. The van der Waals surface area contributed by atoms with Crippen molar-refractivity contribution in [3.63, 3.8) is 0 Å². The van der Waals surface area contributed by atoms with Crippen LogP contribution in [0.2, 0.25) is 0 Å². The third-order valence-electron chi connectivity index (χ3n) is 15.8. The van der Waals surface area contributed by atoms with Gasteiger partial charge in [-0.2, -0.15) is 0 Å². The number of carbonyl (C=O) groups excluding carboxylic acids is 4. The number of esters is 4. The third-order valence-corrected chi connectivity index (χ3v) is 17.7. The van der Waals surface area contributed by atoms with E-state index < -0.39 is 97.5 Å². The van der Waals surface area contributed by atoms with Crippen molar-refractivity contribution in [1.29, 1.82) is 0 Å². The Morgan fingerprint density at radius 2 is 0.477 bits per heavy atom. The van der Waals surface area contributed by atoms with E-state index in [4.69, 9.17) is 37.0 Å². The fourth-order valence-corrected chi connectivity index (χ4v) is 11.9. The molecule has 3 N–H and O–H groups in total. The number of aliphatic hydroxyl groups excluding tert-OH is 1. The molecule has 0 saturated carbocycles. The molecule has 0 amide bonds. The molecule has 0 aliphatic heterocycles. The van der Waals surface area contributed by atoms with E-state index in [-0.39, 0.29) is 25.7 Å². The van der Waals surface area contributed by atoms with E-state index in [2.05, 4.69) is 55.4 Å². The molecule has 0 bridgehead atoms. The normalized spacial score (nSPS) is 14.3. The second-order valence-electron chi connectivity index (χ2n) is 26.8. The summed E-state index contributed by atoms with van der Waals surface area (Å²) in [6, 6.07) is 0. The number of phosphoric ester groups is 2. The molecule has 0 aromatic rings. The number of hydrogen-bond acceptors (Lipinski definition) is 15. The first-order chi connectivity index (χ1) is 42.1. The minimum absolute atomic E-state index is 0.104. The van der Waals surface area contributed by atoms with Gasteiger partial charge in [0.25, 0.3) is 0 Å². The number of hydrogen-bond donors (Lipinski definition) is 3. The maximum atomic E-state index is 13.0. The van der Waals surface area contributed by atoms with Crippen LogP contribution in [0.25, 0.3) is 0 Å². The van der Waals surface area contributed by atoms with Crippen molar-refractivity contribution in [3.05, 3.63) is 0 Å². The van der Waals surface area contributed by atoms with Crippen LogP contribution in [0.3, 0.4) is 0 Å². The highest BCUT2D eigenvalue weighted by Gasteiger charge is 2.30. The predicted molar refractivity (Wildman–Crippen MR) is 354 cm³/mol. The van der Waals surface area contributed by atoms with Crippen LogP contribution in [0.15, 0.2) is 0 Å². The Bertz CT molecular complexity index is 1750. The lowest BCUT2D eigenvalue weighted by Crippen LogP contribution is -2.30. The molecule has 0 radical (unpaired) electrons. The first kappa shape index (κ1) is 86.1. The molecule has 0 spiro atoms. The van der Waals surface area contributed by atoms with E-state index in [1.165, 1.54) is 135 Å². The fourth-order valence-electron chi connectivity index (χ4n) is 10.3. The largest absolute Gasteiger partial charge is 0.472 e. The number of carbonyl (C=O) groups is 4. The van der Waals surface area contributed by atoms with Gasteiger partial charge in [-0.15, -0.1) is 0 Å². The van der Waals surface area contributed by atoms with Gasteiger partial charge in [0.05, 0.1) is 26.4 Å². The molecule has 0 aliphatic carbocycles. The average molecular weight is 1300 g/mol. The number of phosphoric acid groups is 2. The van der Waals surface area contributed by atoms with Crippen LogP contribution in [0.5, 0.6) is 0 Å². The molecule has 0 aromatic carbocycles. The van der Waals surface area contributed by atoms with Crippen molar-refractivity contribution >= 4 is 39.5 Å². The van der Waals surface area contributed by atoms with Crippen molar-refractivity contribution in [2.24, 2.45) is 23.7 Å². The van der Waals surface area contributed by atoms with Crippen LogP contribution in [0.4, 0.5) is 0 Å². The van der Waals surface area contributed by atoms with Crippen molar-refractivity contribution in [1.82, 2.24) is 0 Å².